The Morgan fingerprint density at radius 1 is 1.35 bits per heavy atom. The first-order chi connectivity index (χ1) is 9.52. The van der Waals surface area contributed by atoms with E-state index in [0.717, 1.165) is 5.01 Å². The van der Waals surface area contributed by atoms with E-state index in [1.54, 1.807) is 12.1 Å². The molecule has 2 rings (SSSR count). The van der Waals surface area contributed by atoms with Gasteiger partial charge >= 0.3 is 0 Å². The predicted octanol–water partition coefficient (Wildman–Crippen LogP) is 3.09. The van der Waals surface area contributed by atoms with E-state index in [1.807, 2.05) is 6.92 Å². The van der Waals surface area contributed by atoms with E-state index < -0.39 is 0 Å². The molecule has 1 N–H and O–H groups in total. The zero-order valence-corrected chi connectivity index (χ0v) is 13.1. The predicted molar refractivity (Wildman–Crippen MR) is 78.8 cm³/mol. The van der Waals surface area contributed by atoms with Gasteiger partial charge in [0, 0.05) is 0 Å². The number of hydrogen-bond acceptors (Lipinski definition) is 5. The van der Waals surface area contributed by atoms with Gasteiger partial charge in [0.1, 0.15) is 15.6 Å². The highest BCUT2D eigenvalue weighted by molar-refractivity contribution is 7.11. The Kier molecular flexibility index (Phi) is 4.80. The van der Waals surface area contributed by atoms with Gasteiger partial charge in [-0.1, -0.05) is 34.5 Å². The van der Waals surface area contributed by atoms with Gasteiger partial charge in [-0.25, -0.2) is 0 Å². The fourth-order valence-electron chi connectivity index (χ4n) is 1.60. The molecule has 8 heteroatoms. The lowest BCUT2D eigenvalue weighted by atomic mass is 10.2. The number of nitrogens with one attached hydrogen (secondary N) is 1. The fourth-order valence-corrected chi connectivity index (χ4v) is 2.72. The van der Waals surface area contributed by atoms with Gasteiger partial charge in [-0.3, -0.25) is 4.79 Å². The molecule has 1 amide bonds. The summed E-state index contributed by atoms with van der Waals surface area (Å²) < 4.78 is 5.13. The number of aryl methyl sites for hydroxylation is 1. The van der Waals surface area contributed by atoms with Crippen LogP contribution >= 0.6 is 34.5 Å². The van der Waals surface area contributed by atoms with Gasteiger partial charge in [0.05, 0.1) is 23.7 Å². The van der Waals surface area contributed by atoms with Crippen LogP contribution in [0, 0.1) is 6.92 Å². The summed E-state index contributed by atoms with van der Waals surface area (Å²) in [5, 5.41) is 12.7. The van der Waals surface area contributed by atoms with Gasteiger partial charge in [0.2, 0.25) is 0 Å². The normalized spacial score (nSPS) is 10.4. The number of ether oxygens (including phenoxy) is 1. The Balaban J connectivity index is 2.19. The average molecular weight is 332 g/mol. The van der Waals surface area contributed by atoms with Gasteiger partial charge in [-0.2, -0.15) is 0 Å². The smallest absolute Gasteiger partial charge is 0.256 e. The highest BCUT2D eigenvalue weighted by atomic mass is 35.5. The summed E-state index contributed by atoms with van der Waals surface area (Å²) in [6, 6.07) is 3.13. The number of rotatable bonds is 4. The Morgan fingerprint density at radius 3 is 2.65 bits per heavy atom. The summed E-state index contributed by atoms with van der Waals surface area (Å²) in [7, 11) is 1.43. The SMILES string of the molecule is COc1c(Cl)ccc(Cl)c1C(=O)NCc1nnc(C)s1. The van der Waals surface area contributed by atoms with Crippen LogP contribution in [0.1, 0.15) is 20.4 Å². The highest BCUT2D eigenvalue weighted by Crippen LogP contribution is 2.33. The first-order valence-electron chi connectivity index (χ1n) is 5.62. The molecule has 0 atom stereocenters. The van der Waals surface area contributed by atoms with E-state index in [2.05, 4.69) is 15.5 Å². The second-order valence-electron chi connectivity index (χ2n) is 3.83. The standard InChI is InChI=1S/C12H11Cl2N3O2S/c1-6-16-17-9(20-6)5-15-12(18)10-7(13)3-4-8(14)11(10)19-2/h3-4H,5H2,1-2H3,(H,15,18). The summed E-state index contributed by atoms with van der Waals surface area (Å²) in [4.78, 5) is 12.2. The van der Waals surface area contributed by atoms with Crippen molar-refractivity contribution in [2.24, 2.45) is 0 Å². The fraction of sp³-hybridized carbons (Fsp3) is 0.250. The maximum Gasteiger partial charge on any atom is 0.256 e. The van der Waals surface area contributed by atoms with Gasteiger partial charge in [0.15, 0.2) is 5.75 Å². The summed E-state index contributed by atoms with van der Waals surface area (Å²) in [5.41, 5.74) is 0.211. The van der Waals surface area contributed by atoms with Crippen LogP contribution in [0.5, 0.6) is 5.75 Å². The molecule has 0 aliphatic carbocycles. The van der Waals surface area contributed by atoms with Crippen molar-refractivity contribution in [3.05, 3.63) is 37.8 Å². The number of nitrogens with zero attached hydrogens (tertiary/aromatic N) is 2. The third kappa shape index (κ3) is 3.20. The molecule has 106 valence electrons. The largest absolute Gasteiger partial charge is 0.494 e. The number of aromatic nitrogens is 2. The molecule has 0 aliphatic heterocycles. The van der Waals surface area contributed by atoms with Crippen molar-refractivity contribution in [3.63, 3.8) is 0 Å². The van der Waals surface area contributed by atoms with Gasteiger partial charge in [-0.15, -0.1) is 10.2 Å². The van der Waals surface area contributed by atoms with Crippen molar-refractivity contribution < 1.29 is 9.53 Å². The molecule has 0 spiro atoms. The molecule has 0 aliphatic rings. The van der Waals surface area contributed by atoms with E-state index in [1.165, 1.54) is 18.4 Å². The van der Waals surface area contributed by atoms with Crippen molar-refractivity contribution in [1.29, 1.82) is 0 Å². The van der Waals surface area contributed by atoms with Crippen LogP contribution in [-0.4, -0.2) is 23.2 Å². The Bertz CT molecular complexity index is 646. The van der Waals surface area contributed by atoms with Crippen LogP contribution in [0.4, 0.5) is 0 Å². The lowest BCUT2D eigenvalue weighted by Gasteiger charge is -2.11. The third-order valence-electron chi connectivity index (χ3n) is 2.46. The zero-order chi connectivity index (χ0) is 14.7. The number of benzene rings is 1. The lowest BCUT2D eigenvalue weighted by molar-refractivity contribution is 0.0948. The monoisotopic (exact) mass is 331 g/mol. The van der Waals surface area contributed by atoms with Crippen LogP contribution in [0.2, 0.25) is 10.0 Å². The Labute approximate surface area is 129 Å². The minimum Gasteiger partial charge on any atom is -0.494 e. The van der Waals surface area contributed by atoms with Crippen LogP contribution in [0.15, 0.2) is 12.1 Å². The molecule has 1 aromatic carbocycles. The molecule has 0 radical (unpaired) electrons. The molecule has 0 saturated heterocycles. The summed E-state index contributed by atoms with van der Waals surface area (Å²) in [6.07, 6.45) is 0. The van der Waals surface area contributed by atoms with E-state index in [4.69, 9.17) is 27.9 Å². The number of hydrogen-bond donors (Lipinski definition) is 1. The zero-order valence-electron chi connectivity index (χ0n) is 10.7. The van der Waals surface area contributed by atoms with Crippen LogP contribution in [-0.2, 0) is 6.54 Å². The first kappa shape index (κ1) is 15.0. The summed E-state index contributed by atoms with van der Waals surface area (Å²) in [6.45, 7) is 2.12. The summed E-state index contributed by atoms with van der Waals surface area (Å²) in [5.74, 6) is -0.118. The van der Waals surface area contributed by atoms with E-state index in [9.17, 15) is 4.79 Å². The Morgan fingerprint density at radius 2 is 2.05 bits per heavy atom. The van der Waals surface area contributed by atoms with Gasteiger partial charge < -0.3 is 10.1 Å². The van der Waals surface area contributed by atoms with Crippen molar-refractivity contribution in [3.8, 4) is 5.75 Å². The van der Waals surface area contributed by atoms with E-state index >= 15 is 0 Å². The first-order valence-corrected chi connectivity index (χ1v) is 7.19. The quantitative estimate of drug-likeness (QED) is 0.934. The number of methoxy groups -OCH3 is 1. The van der Waals surface area contributed by atoms with Crippen LogP contribution < -0.4 is 10.1 Å². The topological polar surface area (TPSA) is 64.1 Å². The second kappa shape index (κ2) is 6.39. The average Bonchev–Trinajstić information content (AvgIpc) is 2.84. The third-order valence-corrected chi connectivity index (χ3v) is 3.91. The number of carbonyl (C=O) groups excluding carboxylic acids is 1. The van der Waals surface area contributed by atoms with E-state index in [0.29, 0.717) is 10.0 Å². The molecule has 5 nitrogen and oxygen atoms in total. The molecule has 20 heavy (non-hydrogen) atoms. The minimum absolute atomic E-state index is 0.211. The molecule has 0 fully saturated rings. The lowest BCUT2D eigenvalue weighted by Crippen LogP contribution is -2.23. The molecule has 2 aromatic rings. The van der Waals surface area contributed by atoms with Crippen molar-refractivity contribution in [2.45, 2.75) is 13.5 Å². The van der Waals surface area contributed by atoms with Crippen molar-refractivity contribution >= 4 is 40.4 Å². The number of amides is 1. The second-order valence-corrected chi connectivity index (χ2v) is 5.92. The van der Waals surface area contributed by atoms with E-state index in [-0.39, 0.29) is 28.8 Å². The van der Waals surface area contributed by atoms with Crippen molar-refractivity contribution in [2.75, 3.05) is 7.11 Å². The Hall–Kier alpha value is -1.37. The molecular weight excluding hydrogens is 321 g/mol. The highest BCUT2D eigenvalue weighted by Gasteiger charge is 2.19. The molecular formula is C12H11Cl2N3O2S. The number of carbonyl (C=O) groups is 1. The molecule has 0 bridgehead atoms. The number of halogens is 2. The summed E-state index contributed by atoms with van der Waals surface area (Å²) >= 11 is 13.4. The van der Waals surface area contributed by atoms with Crippen LogP contribution in [0.25, 0.3) is 0 Å². The molecule has 0 unspecified atom stereocenters. The van der Waals surface area contributed by atoms with Crippen LogP contribution in [0.3, 0.4) is 0 Å². The molecule has 0 saturated carbocycles. The molecule has 1 heterocycles. The molecule has 1 aromatic heterocycles. The maximum absolute atomic E-state index is 12.2. The van der Waals surface area contributed by atoms with Gasteiger partial charge in [-0.05, 0) is 19.1 Å². The maximum atomic E-state index is 12.2. The van der Waals surface area contributed by atoms with Crippen molar-refractivity contribution in [1.82, 2.24) is 15.5 Å². The minimum atomic E-state index is -0.373. The van der Waals surface area contributed by atoms with Gasteiger partial charge in [0.25, 0.3) is 5.91 Å².